The molecule has 2 aromatic carbocycles. The minimum absolute atomic E-state index is 0.119. The number of carbonyl (C=O) groups excluding carboxylic acids is 1. The average Bonchev–Trinajstić information content (AvgIpc) is 2.60. The summed E-state index contributed by atoms with van der Waals surface area (Å²) < 4.78 is 0. The fourth-order valence-electron chi connectivity index (χ4n) is 2.15. The molecular weight excluding hydrogens is 284 g/mol. The van der Waals surface area contributed by atoms with Gasteiger partial charge in [0.25, 0.3) is 0 Å². The lowest BCUT2D eigenvalue weighted by Crippen LogP contribution is -2.36. The molecule has 0 unspecified atom stereocenters. The van der Waals surface area contributed by atoms with Crippen LogP contribution in [0.4, 0.5) is 4.79 Å². The Hall–Kier alpha value is -2.73. The van der Waals surface area contributed by atoms with E-state index in [0.717, 1.165) is 17.5 Å². The first-order chi connectivity index (χ1) is 11.2. The number of hydrogen-bond acceptors (Lipinski definition) is 1. The van der Waals surface area contributed by atoms with Crippen molar-refractivity contribution in [3.63, 3.8) is 0 Å². The highest BCUT2D eigenvalue weighted by Gasteiger charge is 2.07. The maximum atomic E-state index is 12.0. The molecule has 0 aliphatic rings. The molecule has 0 bridgehead atoms. The number of benzene rings is 2. The van der Waals surface area contributed by atoms with E-state index in [4.69, 9.17) is 0 Å². The fraction of sp³-hybridized carbons (Fsp3) is 0.250. The molecule has 0 saturated carbocycles. The summed E-state index contributed by atoms with van der Waals surface area (Å²) in [5, 5.41) is 2.81. The molecule has 118 valence electrons. The maximum Gasteiger partial charge on any atom is 0.318 e. The summed E-state index contributed by atoms with van der Waals surface area (Å²) in [4.78, 5) is 13.7. The summed E-state index contributed by atoms with van der Waals surface area (Å²) >= 11 is 0. The van der Waals surface area contributed by atoms with Gasteiger partial charge in [0.05, 0.1) is 6.54 Å². The first-order valence-electron chi connectivity index (χ1n) is 7.79. The predicted octanol–water partition coefficient (Wildman–Crippen LogP) is 3.44. The third-order valence-electron chi connectivity index (χ3n) is 3.53. The van der Waals surface area contributed by atoms with Gasteiger partial charge in [-0.05, 0) is 29.7 Å². The Kier molecular flexibility index (Phi) is 6.26. The second-order valence-corrected chi connectivity index (χ2v) is 5.35. The Morgan fingerprint density at radius 2 is 1.70 bits per heavy atom. The molecule has 1 N–H and O–H groups in total. The van der Waals surface area contributed by atoms with Gasteiger partial charge in [-0.25, -0.2) is 4.79 Å². The predicted molar refractivity (Wildman–Crippen MR) is 94.0 cm³/mol. The number of urea groups is 1. The third kappa shape index (κ3) is 5.52. The molecule has 0 radical (unpaired) electrons. The van der Waals surface area contributed by atoms with Gasteiger partial charge in [0.15, 0.2) is 0 Å². The Bertz CT molecular complexity index is 681. The van der Waals surface area contributed by atoms with E-state index in [1.165, 1.54) is 5.56 Å². The van der Waals surface area contributed by atoms with Crippen LogP contribution in [0.5, 0.6) is 0 Å². The van der Waals surface area contributed by atoms with Crippen molar-refractivity contribution in [2.75, 3.05) is 13.6 Å². The molecule has 0 aromatic heterocycles. The zero-order chi connectivity index (χ0) is 16.5. The average molecular weight is 306 g/mol. The van der Waals surface area contributed by atoms with Crippen LogP contribution in [0.15, 0.2) is 54.6 Å². The molecule has 0 aliphatic carbocycles. The van der Waals surface area contributed by atoms with E-state index < -0.39 is 0 Å². The third-order valence-corrected chi connectivity index (χ3v) is 3.53. The standard InChI is InChI=1S/C20H22N2O/c1-3-17-11-13-19(14-12-17)16-22(2)20(23)21-15-7-10-18-8-5-4-6-9-18/h4-6,8-9,11-14H,3,15-16H2,1-2H3,(H,21,23). The molecule has 2 rings (SSSR count). The summed E-state index contributed by atoms with van der Waals surface area (Å²) in [6.07, 6.45) is 1.02. The zero-order valence-electron chi connectivity index (χ0n) is 13.7. The minimum Gasteiger partial charge on any atom is -0.327 e. The molecule has 0 heterocycles. The maximum absolute atomic E-state index is 12.0. The molecule has 3 heteroatoms. The lowest BCUT2D eigenvalue weighted by atomic mass is 10.1. The number of hydrogen-bond donors (Lipinski definition) is 1. The molecule has 3 nitrogen and oxygen atoms in total. The van der Waals surface area contributed by atoms with Gasteiger partial charge in [0.2, 0.25) is 0 Å². The smallest absolute Gasteiger partial charge is 0.318 e. The highest BCUT2D eigenvalue weighted by Crippen LogP contribution is 2.07. The van der Waals surface area contributed by atoms with E-state index in [-0.39, 0.29) is 6.03 Å². The first kappa shape index (κ1) is 16.6. The van der Waals surface area contributed by atoms with Gasteiger partial charge in [0, 0.05) is 19.2 Å². The molecule has 0 spiro atoms. The van der Waals surface area contributed by atoms with Crippen LogP contribution in [0, 0.1) is 11.8 Å². The van der Waals surface area contributed by atoms with Gasteiger partial charge in [-0.3, -0.25) is 0 Å². The number of nitrogens with one attached hydrogen (secondary N) is 1. The van der Waals surface area contributed by atoms with Crippen molar-refractivity contribution in [3.05, 3.63) is 71.3 Å². The van der Waals surface area contributed by atoms with Gasteiger partial charge in [0.1, 0.15) is 0 Å². The van der Waals surface area contributed by atoms with Gasteiger partial charge in [-0.15, -0.1) is 0 Å². The van der Waals surface area contributed by atoms with Crippen LogP contribution in [-0.4, -0.2) is 24.5 Å². The molecule has 0 saturated heterocycles. The number of rotatable bonds is 4. The van der Waals surface area contributed by atoms with E-state index >= 15 is 0 Å². The second-order valence-electron chi connectivity index (χ2n) is 5.35. The van der Waals surface area contributed by atoms with Crippen LogP contribution in [0.2, 0.25) is 0 Å². The molecule has 23 heavy (non-hydrogen) atoms. The number of aryl methyl sites for hydroxylation is 1. The summed E-state index contributed by atoms with van der Waals surface area (Å²) in [5.74, 6) is 5.98. The summed E-state index contributed by atoms with van der Waals surface area (Å²) in [6.45, 7) is 3.06. The molecule has 2 amide bonds. The number of carbonyl (C=O) groups is 1. The second kappa shape index (κ2) is 8.65. The SMILES string of the molecule is CCc1ccc(CN(C)C(=O)NCC#Cc2ccccc2)cc1. The van der Waals surface area contributed by atoms with Crippen LogP contribution in [0.25, 0.3) is 0 Å². The first-order valence-corrected chi connectivity index (χ1v) is 7.79. The summed E-state index contributed by atoms with van der Waals surface area (Å²) in [5.41, 5.74) is 3.37. The zero-order valence-corrected chi connectivity index (χ0v) is 13.7. The van der Waals surface area contributed by atoms with Crippen molar-refractivity contribution in [3.8, 4) is 11.8 Å². The van der Waals surface area contributed by atoms with Gasteiger partial charge in [-0.2, -0.15) is 0 Å². The summed E-state index contributed by atoms with van der Waals surface area (Å²) in [6, 6.07) is 18.0. The largest absolute Gasteiger partial charge is 0.327 e. The van der Waals surface area contributed by atoms with Crippen LogP contribution >= 0.6 is 0 Å². The van der Waals surface area contributed by atoms with Crippen LogP contribution in [0.1, 0.15) is 23.6 Å². The van der Waals surface area contributed by atoms with Gasteiger partial charge < -0.3 is 10.2 Å². The van der Waals surface area contributed by atoms with Crippen LogP contribution in [-0.2, 0) is 13.0 Å². The van der Waals surface area contributed by atoms with E-state index in [1.54, 1.807) is 11.9 Å². The van der Waals surface area contributed by atoms with Crippen molar-refractivity contribution in [2.45, 2.75) is 19.9 Å². The molecule has 0 fully saturated rings. The highest BCUT2D eigenvalue weighted by molar-refractivity contribution is 5.74. The molecular formula is C20H22N2O. The Labute approximate surface area is 138 Å². The van der Waals surface area contributed by atoms with Crippen molar-refractivity contribution in [1.82, 2.24) is 10.2 Å². The van der Waals surface area contributed by atoms with E-state index in [0.29, 0.717) is 13.1 Å². The van der Waals surface area contributed by atoms with Crippen molar-refractivity contribution in [1.29, 1.82) is 0 Å². The van der Waals surface area contributed by atoms with E-state index in [9.17, 15) is 4.79 Å². The lowest BCUT2D eigenvalue weighted by molar-refractivity contribution is 0.208. The topological polar surface area (TPSA) is 32.3 Å². The van der Waals surface area contributed by atoms with Crippen LogP contribution in [0.3, 0.4) is 0 Å². The fourth-order valence-corrected chi connectivity index (χ4v) is 2.15. The lowest BCUT2D eigenvalue weighted by Gasteiger charge is -2.17. The molecule has 2 aromatic rings. The number of amides is 2. The normalized spacial score (nSPS) is 9.65. The van der Waals surface area contributed by atoms with E-state index in [2.05, 4.69) is 48.3 Å². The summed E-state index contributed by atoms with van der Waals surface area (Å²) in [7, 11) is 1.79. The highest BCUT2D eigenvalue weighted by atomic mass is 16.2. The van der Waals surface area contributed by atoms with Crippen molar-refractivity contribution < 1.29 is 4.79 Å². The Morgan fingerprint density at radius 3 is 2.35 bits per heavy atom. The monoisotopic (exact) mass is 306 g/mol. The quantitative estimate of drug-likeness (QED) is 0.862. The van der Waals surface area contributed by atoms with Crippen LogP contribution < -0.4 is 5.32 Å². The molecule has 0 atom stereocenters. The van der Waals surface area contributed by atoms with Gasteiger partial charge >= 0.3 is 6.03 Å². The Morgan fingerprint density at radius 1 is 1.04 bits per heavy atom. The molecule has 0 aliphatic heterocycles. The number of nitrogens with zero attached hydrogens (tertiary/aromatic N) is 1. The minimum atomic E-state index is -0.119. The van der Waals surface area contributed by atoms with E-state index in [1.807, 2.05) is 30.3 Å². The Balaban J connectivity index is 1.79. The van der Waals surface area contributed by atoms with Crippen molar-refractivity contribution in [2.24, 2.45) is 0 Å². The van der Waals surface area contributed by atoms with Gasteiger partial charge in [-0.1, -0.05) is 61.2 Å². The van der Waals surface area contributed by atoms with Crippen molar-refractivity contribution >= 4 is 6.03 Å².